The molecule has 0 aliphatic heterocycles. The van der Waals surface area contributed by atoms with Gasteiger partial charge in [-0.2, -0.15) is 0 Å². The van der Waals surface area contributed by atoms with Gasteiger partial charge in [0.2, 0.25) is 0 Å². The summed E-state index contributed by atoms with van der Waals surface area (Å²) >= 11 is 0. The van der Waals surface area contributed by atoms with E-state index in [1.807, 2.05) is 37.3 Å². The van der Waals surface area contributed by atoms with Crippen LogP contribution in [-0.4, -0.2) is 11.9 Å². The first-order valence-electron chi connectivity index (χ1n) is 8.34. The van der Waals surface area contributed by atoms with E-state index in [1.54, 1.807) is 18.2 Å². The maximum atomic E-state index is 12.5. The van der Waals surface area contributed by atoms with E-state index in [4.69, 9.17) is 0 Å². The van der Waals surface area contributed by atoms with Crippen LogP contribution in [0, 0.1) is 6.92 Å². The molecule has 0 unspecified atom stereocenters. The number of carbonyl (C=O) groups is 2. The Bertz CT molecular complexity index is 757. The molecule has 2 aromatic rings. The maximum absolute atomic E-state index is 12.5. The Labute approximate surface area is 148 Å². The number of nitrogens with one attached hydrogen (secondary N) is 1. The Balaban J connectivity index is 2.24. The van der Waals surface area contributed by atoms with Crippen molar-refractivity contribution in [3.05, 3.63) is 70.8 Å². The molecule has 0 aromatic heterocycles. The van der Waals surface area contributed by atoms with Gasteiger partial charge in [-0.05, 0) is 35.6 Å². The van der Waals surface area contributed by atoms with E-state index < -0.39 is 12.0 Å². The van der Waals surface area contributed by atoms with Crippen LogP contribution in [-0.2, 0) is 10.2 Å². The van der Waals surface area contributed by atoms with Crippen molar-refractivity contribution >= 4 is 11.9 Å². The topological polar surface area (TPSA) is 69.2 Å². The van der Waals surface area contributed by atoms with Crippen LogP contribution in [0.2, 0.25) is 0 Å². The second-order valence-electron chi connectivity index (χ2n) is 7.34. The third kappa shape index (κ3) is 5.18. The lowest BCUT2D eigenvalue weighted by Crippen LogP contribution is -2.34. The molecule has 0 saturated carbocycles. The average molecular weight is 338 g/mol. The van der Waals surface area contributed by atoms with E-state index in [9.17, 15) is 14.7 Å². The number of amides is 1. The molecule has 0 radical (unpaired) electrons. The first-order valence-corrected chi connectivity index (χ1v) is 8.34. The predicted octanol–water partition coefficient (Wildman–Crippen LogP) is 2.90. The standard InChI is InChI=1S/C21H25NO3/c1-14-6-5-7-16(12-14)20(25)22-18(13-19(23)24)15-8-10-17(11-9-15)21(2,3)4/h5-12,18H,13H2,1-4H3,(H,22,25)(H,23,24)/p-1/t18-/m1/s1. The van der Waals surface area contributed by atoms with Gasteiger partial charge in [0.05, 0.1) is 6.04 Å². The van der Waals surface area contributed by atoms with E-state index in [2.05, 4.69) is 26.1 Å². The van der Waals surface area contributed by atoms with Crippen LogP contribution in [0.5, 0.6) is 0 Å². The predicted molar refractivity (Wildman–Crippen MR) is 96.2 cm³/mol. The molecule has 4 heteroatoms. The molecule has 0 fully saturated rings. The summed E-state index contributed by atoms with van der Waals surface area (Å²) in [4.78, 5) is 23.6. The summed E-state index contributed by atoms with van der Waals surface area (Å²) in [7, 11) is 0. The Hall–Kier alpha value is -2.62. The molecule has 0 aliphatic carbocycles. The van der Waals surface area contributed by atoms with E-state index in [-0.39, 0.29) is 17.7 Å². The van der Waals surface area contributed by atoms with Crippen molar-refractivity contribution < 1.29 is 14.7 Å². The van der Waals surface area contributed by atoms with Crippen LogP contribution in [0.3, 0.4) is 0 Å². The molecule has 2 aromatic carbocycles. The lowest BCUT2D eigenvalue weighted by molar-refractivity contribution is -0.306. The summed E-state index contributed by atoms with van der Waals surface area (Å²) < 4.78 is 0. The quantitative estimate of drug-likeness (QED) is 0.911. The molecule has 2 rings (SSSR count). The van der Waals surface area contributed by atoms with Gasteiger partial charge in [0.25, 0.3) is 5.91 Å². The van der Waals surface area contributed by atoms with Gasteiger partial charge in [-0.15, -0.1) is 0 Å². The Kier molecular flexibility index (Phi) is 5.62. The number of rotatable bonds is 5. The molecular weight excluding hydrogens is 314 g/mol. The fourth-order valence-electron chi connectivity index (χ4n) is 2.66. The monoisotopic (exact) mass is 338 g/mol. The highest BCUT2D eigenvalue weighted by Gasteiger charge is 2.18. The molecule has 1 amide bonds. The SMILES string of the molecule is Cc1cccc(C(=O)N[C@H](CC(=O)[O-])c2ccc(C(C)(C)C)cc2)c1. The van der Waals surface area contributed by atoms with Crippen LogP contribution >= 0.6 is 0 Å². The zero-order valence-corrected chi connectivity index (χ0v) is 15.1. The third-order valence-corrected chi connectivity index (χ3v) is 4.14. The second-order valence-corrected chi connectivity index (χ2v) is 7.34. The van der Waals surface area contributed by atoms with Gasteiger partial charge in [0.15, 0.2) is 0 Å². The molecule has 4 nitrogen and oxygen atoms in total. The van der Waals surface area contributed by atoms with Crippen LogP contribution in [0.1, 0.15) is 60.3 Å². The van der Waals surface area contributed by atoms with E-state index in [0.717, 1.165) is 16.7 Å². The number of carboxylic acids is 1. The third-order valence-electron chi connectivity index (χ3n) is 4.14. The van der Waals surface area contributed by atoms with Crippen molar-refractivity contribution in [2.75, 3.05) is 0 Å². The number of aliphatic carboxylic acids is 1. The Morgan fingerprint density at radius 2 is 1.72 bits per heavy atom. The fraction of sp³-hybridized carbons (Fsp3) is 0.333. The molecule has 25 heavy (non-hydrogen) atoms. The van der Waals surface area contributed by atoms with Gasteiger partial charge < -0.3 is 15.2 Å². The van der Waals surface area contributed by atoms with Crippen LogP contribution in [0.25, 0.3) is 0 Å². The van der Waals surface area contributed by atoms with Crippen LogP contribution in [0.4, 0.5) is 0 Å². The summed E-state index contributed by atoms with van der Waals surface area (Å²) in [5.41, 5.74) is 3.38. The number of hydrogen-bond donors (Lipinski definition) is 1. The highest BCUT2D eigenvalue weighted by molar-refractivity contribution is 5.94. The number of carbonyl (C=O) groups excluding carboxylic acids is 2. The minimum atomic E-state index is -1.20. The van der Waals surface area contributed by atoms with Crippen molar-refractivity contribution in [2.24, 2.45) is 0 Å². The molecule has 1 atom stereocenters. The highest BCUT2D eigenvalue weighted by atomic mass is 16.4. The first-order chi connectivity index (χ1) is 11.7. The average Bonchev–Trinajstić information content (AvgIpc) is 2.53. The van der Waals surface area contributed by atoms with Crippen LogP contribution in [0.15, 0.2) is 48.5 Å². The summed E-state index contributed by atoms with van der Waals surface area (Å²) in [6, 6.07) is 14.2. The fourth-order valence-corrected chi connectivity index (χ4v) is 2.66. The van der Waals surface area contributed by atoms with Crippen LogP contribution < -0.4 is 10.4 Å². The van der Waals surface area contributed by atoms with Crippen molar-refractivity contribution in [3.63, 3.8) is 0 Å². The smallest absolute Gasteiger partial charge is 0.251 e. The summed E-state index contributed by atoms with van der Waals surface area (Å²) in [6.45, 7) is 8.24. The molecule has 0 bridgehead atoms. The van der Waals surface area contributed by atoms with E-state index in [0.29, 0.717) is 5.56 Å². The molecule has 0 saturated heterocycles. The molecule has 0 heterocycles. The van der Waals surface area contributed by atoms with Crippen molar-refractivity contribution in [3.8, 4) is 0 Å². The van der Waals surface area contributed by atoms with Gasteiger partial charge >= 0.3 is 0 Å². The summed E-state index contributed by atoms with van der Waals surface area (Å²) in [5.74, 6) is -1.50. The van der Waals surface area contributed by atoms with Gasteiger partial charge in [0.1, 0.15) is 0 Å². The van der Waals surface area contributed by atoms with Crippen molar-refractivity contribution in [1.82, 2.24) is 5.32 Å². The number of hydrogen-bond acceptors (Lipinski definition) is 3. The maximum Gasteiger partial charge on any atom is 0.251 e. The number of carboxylic acid groups (broad SMARTS) is 1. The molecular formula is C21H24NO3-. The molecule has 1 N–H and O–H groups in total. The van der Waals surface area contributed by atoms with Gasteiger partial charge in [0, 0.05) is 18.0 Å². The summed E-state index contributed by atoms with van der Waals surface area (Å²) in [5, 5.41) is 13.9. The minimum Gasteiger partial charge on any atom is -0.550 e. The second kappa shape index (κ2) is 7.51. The Morgan fingerprint density at radius 3 is 2.24 bits per heavy atom. The lowest BCUT2D eigenvalue weighted by Gasteiger charge is -2.23. The minimum absolute atomic E-state index is 0.00714. The van der Waals surface area contributed by atoms with Gasteiger partial charge in [-0.3, -0.25) is 4.79 Å². The van der Waals surface area contributed by atoms with E-state index >= 15 is 0 Å². The largest absolute Gasteiger partial charge is 0.550 e. The van der Waals surface area contributed by atoms with Crippen molar-refractivity contribution in [1.29, 1.82) is 0 Å². The highest BCUT2D eigenvalue weighted by Crippen LogP contribution is 2.25. The Morgan fingerprint density at radius 1 is 1.08 bits per heavy atom. The normalized spacial score (nSPS) is 12.5. The van der Waals surface area contributed by atoms with Gasteiger partial charge in [-0.25, -0.2) is 0 Å². The molecule has 132 valence electrons. The zero-order chi connectivity index (χ0) is 18.6. The lowest BCUT2D eigenvalue weighted by atomic mass is 9.86. The van der Waals surface area contributed by atoms with E-state index in [1.165, 1.54) is 0 Å². The molecule has 0 spiro atoms. The van der Waals surface area contributed by atoms with Gasteiger partial charge in [-0.1, -0.05) is 62.7 Å². The number of benzene rings is 2. The zero-order valence-electron chi connectivity index (χ0n) is 15.1. The number of aryl methyl sites for hydroxylation is 1. The van der Waals surface area contributed by atoms with Crippen molar-refractivity contribution in [2.45, 2.75) is 45.6 Å². The molecule has 0 aliphatic rings. The summed E-state index contributed by atoms with van der Waals surface area (Å²) in [6.07, 6.45) is -0.271. The first kappa shape index (κ1) is 18.7.